The first-order valence-electron chi connectivity index (χ1n) is 8.76. The summed E-state index contributed by atoms with van der Waals surface area (Å²) in [5.74, 6) is 0.591. The monoisotopic (exact) mass is 382 g/mol. The van der Waals surface area contributed by atoms with Crippen molar-refractivity contribution in [3.05, 3.63) is 72.2 Å². The van der Waals surface area contributed by atoms with Crippen LogP contribution in [0.1, 0.15) is 34.9 Å². The van der Waals surface area contributed by atoms with Crippen LogP contribution in [0, 0.1) is 0 Å². The molecule has 0 aliphatic heterocycles. The largest absolute Gasteiger partial charge is 0.496 e. The number of furan rings is 1. The Morgan fingerprint density at radius 1 is 1.18 bits per heavy atom. The van der Waals surface area contributed by atoms with E-state index in [2.05, 4.69) is 15.6 Å². The minimum absolute atomic E-state index is 0.144. The summed E-state index contributed by atoms with van der Waals surface area (Å²) in [7, 11) is 3.42. The fraction of sp³-hybridized carbons (Fsp3) is 0.250. The zero-order valence-corrected chi connectivity index (χ0v) is 15.9. The van der Waals surface area contributed by atoms with E-state index >= 15 is 0 Å². The lowest BCUT2D eigenvalue weighted by atomic mass is 10.0. The Bertz CT molecular complexity index is 949. The molecule has 0 saturated heterocycles. The molecule has 146 valence electrons. The zero-order chi connectivity index (χ0) is 20.1. The molecule has 0 aliphatic carbocycles. The van der Waals surface area contributed by atoms with Gasteiger partial charge in [0.2, 0.25) is 5.91 Å². The summed E-state index contributed by atoms with van der Waals surface area (Å²) >= 11 is 0. The number of ether oxygens (including phenoxy) is 1. The van der Waals surface area contributed by atoms with Crippen molar-refractivity contribution in [2.75, 3.05) is 7.11 Å². The van der Waals surface area contributed by atoms with E-state index in [4.69, 9.17) is 9.15 Å². The predicted octanol–water partition coefficient (Wildman–Crippen LogP) is 2.05. The molecule has 2 unspecified atom stereocenters. The normalized spacial score (nSPS) is 12.8. The van der Waals surface area contributed by atoms with Gasteiger partial charge in [0.05, 0.1) is 13.4 Å². The molecule has 2 heterocycles. The number of methoxy groups -OCH3 is 1. The molecule has 0 fully saturated rings. The average molecular weight is 382 g/mol. The Labute approximate surface area is 162 Å². The molecule has 2 N–H and O–H groups in total. The van der Waals surface area contributed by atoms with Crippen LogP contribution in [-0.2, 0) is 11.8 Å². The van der Waals surface area contributed by atoms with Crippen LogP contribution in [0.4, 0.5) is 0 Å². The van der Waals surface area contributed by atoms with Crippen LogP contribution in [-0.4, -0.2) is 34.5 Å². The van der Waals surface area contributed by atoms with Gasteiger partial charge < -0.3 is 24.4 Å². The van der Waals surface area contributed by atoms with Gasteiger partial charge >= 0.3 is 0 Å². The number of hydrogen-bond acceptors (Lipinski definition) is 5. The smallest absolute Gasteiger partial charge is 0.287 e. The average Bonchev–Trinajstić information content (AvgIpc) is 3.38. The van der Waals surface area contributed by atoms with Crippen LogP contribution < -0.4 is 15.4 Å². The zero-order valence-electron chi connectivity index (χ0n) is 15.9. The number of imidazole rings is 1. The number of rotatable bonds is 7. The van der Waals surface area contributed by atoms with Crippen molar-refractivity contribution in [2.24, 2.45) is 7.05 Å². The van der Waals surface area contributed by atoms with E-state index in [9.17, 15) is 9.59 Å². The predicted molar refractivity (Wildman–Crippen MR) is 102 cm³/mol. The van der Waals surface area contributed by atoms with E-state index in [1.165, 1.54) is 12.3 Å². The molecule has 2 atom stereocenters. The van der Waals surface area contributed by atoms with Gasteiger partial charge in [0.15, 0.2) is 5.76 Å². The topological polar surface area (TPSA) is 98.4 Å². The summed E-state index contributed by atoms with van der Waals surface area (Å²) < 4.78 is 12.3. The number of nitrogens with one attached hydrogen (secondary N) is 2. The van der Waals surface area contributed by atoms with Crippen LogP contribution in [0.5, 0.6) is 5.75 Å². The van der Waals surface area contributed by atoms with Gasteiger partial charge in [-0.2, -0.15) is 0 Å². The molecule has 0 radical (unpaired) electrons. The highest BCUT2D eigenvalue weighted by atomic mass is 16.5. The van der Waals surface area contributed by atoms with Crippen molar-refractivity contribution in [1.29, 1.82) is 0 Å². The van der Waals surface area contributed by atoms with Gasteiger partial charge in [-0.1, -0.05) is 18.2 Å². The van der Waals surface area contributed by atoms with Crippen molar-refractivity contribution in [3.8, 4) is 5.75 Å². The number of aryl methyl sites for hydroxylation is 1. The Morgan fingerprint density at radius 2 is 1.96 bits per heavy atom. The van der Waals surface area contributed by atoms with Gasteiger partial charge in [-0.25, -0.2) is 4.98 Å². The van der Waals surface area contributed by atoms with Crippen molar-refractivity contribution in [3.63, 3.8) is 0 Å². The first kappa shape index (κ1) is 19.2. The maximum absolute atomic E-state index is 12.8. The minimum atomic E-state index is -0.782. The summed E-state index contributed by atoms with van der Waals surface area (Å²) in [4.78, 5) is 29.3. The molecule has 28 heavy (non-hydrogen) atoms. The number of para-hydroxylation sites is 1. The number of aromatic nitrogens is 2. The molecule has 3 aromatic rings. The van der Waals surface area contributed by atoms with Gasteiger partial charge in [-0.15, -0.1) is 0 Å². The van der Waals surface area contributed by atoms with Gasteiger partial charge in [0.1, 0.15) is 23.7 Å². The van der Waals surface area contributed by atoms with Gasteiger partial charge in [0, 0.05) is 25.0 Å². The van der Waals surface area contributed by atoms with E-state index in [0.29, 0.717) is 11.6 Å². The van der Waals surface area contributed by atoms with Gasteiger partial charge in [0.25, 0.3) is 5.91 Å². The van der Waals surface area contributed by atoms with Crippen LogP contribution in [0.2, 0.25) is 0 Å². The lowest BCUT2D eigenvalue weighted by Gasteiger charge is -2.23. The Balaban J connectivity index is 1.82. The molecule has 2 aromatic heterocycles. The SMILES string of the molecule is COc1ccccc1C(NC(=O)C(C)NC(=O)c1ccco1)c1nccn1C. The minimum Gasteiger partial charge on any atom is -0.496 e. The van der Waals surface area contributed by atoms with E-state index < -0.39 is 18.0 Å². The van der Waals surface area contributed by atoms with Crippen molar-refractivity contribution >= 4 is 11.8 Å². The molecule has 3 rings (SSSR count). The highest BCUT2D eigenvalue weighted by molar-refractivity contribution is 5.95. The maximum atomic E-state index is 12.8. The van der Waals surface area contributed by atoms with Crippen LogP contribution in [0.3, 0.4) is 0 Å². The van der Waals surface area contributed by atoms with Crippen LogP contribution >= 0.6 is 0 Å². The third-order valence-electron chi connectivity index (χ3n) is 4.34. The summed E-state index contributed by atoms with van der Waals surface area (Å²) in [6.07, 6.45) is 4.86. The number of hydrogen-bond donors (Lipinski definition) is 2. The molecule has 0 saturated carbocycles. The number of amides is 2. The fourth-order valence-corrected chi connectivity index (χ4v) is 2.85. The van der Waals surface area contributed by atoms with E-state index in [1.54, 1.807) is 32.5 Å². The molecule has 0 spiro atoms. The van der Waals surface area contributed by atoms with Crippen molar-refractivity contribution in [1.82, 2.24) is 20.2 Å². The van der Waals surface area contributed by atoms with Crippen LogP contribution in [0.25, 0.3) is 0 Å². The maximum Gasteiger partial charge on any atom is 0.287 e. The second kappa shape index (κ2) is 8.43. The number of nitrogens with zero attached hydrogens (tertiary/aromatic N) is 2. The Hall–Kier alpha value is -3.55. The van der Waals surface area contributed by atoms with E-state index in [-0.39, 0.29) is 11.7 Å². The second-order valence-corrected chi connectivity index (χ2v) is 6.25. The highest BCUT2D eigenvalue weighted by Crippen LogP contribution is 2.29. The Kier molecular flexibility index (Phi) is 5.78. The molecular weight excluding hydrogens is 360 g/mol. The molecule has 1 aromatic carbocycles. The summed E-state index contributed by atoms with van der Waals surface area (Å²) in [6.45, 7) is 1.61. The number of benzene rings is 1. The quantitative estimate of drug-likeness (QED) is 0.652. The van der Waals surface area contributed by atoms with Gasteiger partial charge in [-0.05, 0) is 25.1 Å². The number of carbonyl (C=O) groups excluding carboxylic acids is 2. The first-order valence-corrected chi connectivity index (χ1v) is 8.76. The lowest BCUT2D eigenvalue weighted by molar-refractivity contribution is -0.123. The molecule has 8 nitrogen and oxygen atoms in total. The van der Waals surface area contributed by atoms with Crippen molar-refractivity contribution in [2.45, 2.75) is 19.0 Å². The first-order chi connectivity index (χ1) is 13.5. The lowest BCUT2D eigenvalue weighted by Crippen LogP contribution is -2.46. The fourth-order valence-electron chi connectivity index (χ4n) is 2.85. The van der Waals surface area contributed by atoms with Crippen LogP contribution in [0.15, 0.2) is 59.5 Å². The Morgan fingerprint density at radius 3 is 2.61 bits per heavy atom. The second-order valence-electron chi connectivity index (χ2n) is 6.25. The molecule has 8 heteroatoms. The van der Waals surface area contributed by atoms with Crippen molar-refractivity contribution < 1.29 is 18.7 Å². The van der Waals surface area contributed by atoms with E-state index in [0.717, 1.165) is 5.56 Å². The highest BCUT2D eigenvalue weighted by Gasteiger charge is 2.27. The third-order valence-corrected chi connectivity index (χ3v) is 4.34. The third kappa shape index (κ3) is 4.06. The van der Waals surface area contributed by atoms with Gasteiger partial charge in [-0.3, -0.25) is 9.59 Å². The summed E-state index contributed by atoms with van der Waals surface area (Å²) in [5, 5.41) is 5.58. The summed E-state index contributed by atoms with van der Waals surface area (Å²) in [5.41, 5.74) is 0.761. The summed E-state index contributed by atoms with van der Waals surface area (Å²) in [6, 6.07) is 9.21. The standard InChI is InChI=1S/C20H22N4O4/c1-13(22-20(26)16-9-6-12-28-16)19(25)23-17(18-21-10-11-24(18)2)14-7-4-5-8-15(14)27-3/h4-13,17H,1-3H3,(H,22,26)(H,23,25). The molecule has 0 bridgehead atoms. The number of carbonyl (C=O) groups is 2. The molecule has 0 aliphatic rings. The molecular formula is C20H22N4O4. The van der Waals surface area contributed by atoms with E-state index in [1.807, 2.05) is 35.9 Å². The molecule has 2 amide bonds.